The maximum Gasteiger partial charge on any atom is 0.339 e. The van der Waals surface area contributed by atoms with Gasteiger partial charge in [0, 0.05) is 5.92 Å². The summed E-state index contributed by atoms with van der Waals surface area (Å²) in [6.07, 6.45) is 2.17. The van der Waals surface area contributed by atoms with Crippen molar-refractivity contribution in [3.63, 3.8) is 0 Å². The summed E-state index contributed by atoms with van der Waals surface area (Å²) in [5.74, 6) is 0.0754. The molecule has 7 heteroatoms. The van der Waals surface area contributed by atoms with Crippen molar-refractivity contribution in [1.29, 1.82) is 0 Å². The number of carbonyl (C=O) groups is 1. The van der Waals surface area contributed by atoms with Crippen LogP contribution in [-0.4, -0.2) is 28.3 Å². The van der Waals surface area contributed by atoms with Crippen LogP contribution in [0.25, 0.3) is 0 Å². The second kappa shape index (κ2) is 5.77. The van der Waals surface area contributed by atoms with Crippen LogP contribution in [0, 0.1) is 6.92 Å². The molecule has 2 aromatic heterocycles. The summed E-state index contributed by atoms with van der Waals surface area (Å²) in [5, 5.41) is 12.9. The predicted octanol–water partition coefficient (Wildman–Crippen LogP) is 2.52. The molecule has 1 saturated carbocycles. The zero-order valence-electron chi connectivity index (χ0n) is 11.9. The molecule has 110 valence electrons. The molecule has 0 aliphatic heterocycles. The van der Waals surface area contributed by atoms with Gasteiger partial charge in [0.15, 0.2) is 0 Å². The standard InChI is InChI=1S/C14H16N4O2S/c1-8-17-18-14(21-8)15-7-10-5-6-11(13(19)20-2)12(16-10)9-3-4-9/h5-6,9H,3-4,7H2,1-2H3,(H,15,18). The molecule has 2 heterocycles. The van der Waals surface area contributed by atoms with Crippen LogP contribution in [-0.2, 0) is 11.3 Å². The number of esters is 1. The lowest BCUT2D eigenvalue weighted by molar-refractivity contribution is 0.0599. The van der Waals surface area contributed by atoms with Crippen molar-refractivity contribution >= 4 is 22.4 Å². The van der Waals surface area contributed by atoms with Gasteiger partial charge in [-0.2, -0.15) is 0 Å². The number of nitrogens with zero attached hydrogens (tertiary/aromatic N) is 3. The van der Waals surface area contributed by atoms with Crippen LogP contribution in [0.15, 0.2) is 12.1 Å². The highest BCUT2D eigenvalue weighted by molar-refractivity contribution is 7.15. The summed E-state index contributed by atoms with van der Waals surface area (Å²) in [6.45, 7) is 2.48. The molecule has 0 bridgehead atoms. The van der Waals surface area contributed by atoms with Crippen molar-refractivity contribution in [3.05, 3.63) is 34.1 Å². The van der Waals surface area contributed by atoms with E-state index in [1.54, 1.807) is 6.07 Å². The largest absolute Gasteiger partial charge is 0.465 e. The van der Waals surface area contributed by atoms with Crippen LogP contribution in [0.2, 0.25) is 0 Å². The summed E-state index contributed by atoms with van der Waals surface area (Å²) in [5.41, 5.74) is 2.32. The first-order valence-corrected chi connectivity index (χ1v) is 7.61. The maximum absolute atomic E-state index is 11.8. The highest BCUT2D eigenvalue weighted by Crippen LogP contribution is 2.40. The fourth-order valence-electron chi connectivity index (χ4n) is 2.10. The molecule has 0 aromatic carbocycles. The highest BCUT2D eigenvalue weighted by Gasteiger charge is 2.30. The van der Waals surface area contributed by atoms with E-state index in [9.17, 15) is 4.79 Å². The monoisotopic (exact) mass is 304 g/mol. The number of nitrogens with one attached hydrogen (secondary N) is 1. The van der Waals surface area contributed by atoms with Gasteiger partial charge in [0.05, 0.1) is 30.6 Å². The van der Waals surface area contributed by atoms with Gasteiger partial charge < -0.3 is 10.1 Å². The zero-order chi connectivity index (χ0) is 14.8. The Labute approximate surface area is 126 Å². The van der Waals surface area contributed by atoms with Crippen molar-refractivity contribution < 1.29 is 9.53 Å². The van der Waals surface area contributed by atoms with E-state index in [2.05, 4.69) is 20.5 Å². The Balaban J connectivity index is 1.77. The second-order valence-electron chi connectivity index (χ2n) is 4.98. The quantitative estimate of drug-likeness (QED) is 0.855. The van der Waals surface area contributed by atoms with E-state index in [4.69, 9.17) is 4.74 Å². The Morgan fingerprint density at radius 3 is 2.86 bits per heavy atom. The van der Waals surface area contributed by atoms with Gasteiger partial charge in [-0.05, 0) is 31.9 Å². The molecule has 1 aliphatic rings. The van der Waals surface area contributed by atoms with Gasteiger partial charge in [0.2, 0.25) is 5.13 Å². The number of methoxy groups -OCH3 is 1. The van der Waals surface area contributed by atoms with Crippen LogP contribution < -0.4 is 5.32 Å². The summed E-state index contributed by atoms with van der Waals surface area (Å²) in [6, 6.07) is 3.65. The molecular weight excluding hydrogens is 288 g/mol. The van der Waals surface area contributed by atoms with Gasteiger partial charge in [-0.3, -0.25) is 4.98 Å². The molecule has 1 N–H and O–H groups in total. The molecule has 0 saturated heterocycles. The summed E-state index contributed by atoms with van der Waals surface area (Å²) in [7, 11) is 1.40. The second-order valence-corrected chi connectivity index (χ2v) is 6.16. The lowest BCUT2D eigenvalue weighted by Gasteiger charge is -2.09. The van der Waals surface area contributed by atoms with Gasteiger partial charge in [-0.25, -0.2) is 4.79 Å². The minimum atomic E-state index is -0.316. The molecule has 0 spiro atoms. The van der Waals surface area contributed by atoms with Crippen LogP contribution in [0.3, 0.4) is 0 Å². The minimum absolute atomic E-state index is 0.316. The third-order valence-corrected chi connectivity index (χ3v) is 4.09. The fourth-order valence-corrected chi connectivity index (χ4v) is 2.69. The number of aryl methyl sites for hydroxylation is 1. The van der Waals surface area contributed by atoms with Gasteiger partial charge >= 0.3 is 5.97 Å². The normalized spacial score (nSPS) is 14.0. The molecule has 1 aliphatic carbocycles. The molecule has 21 heavy (non-hydrogen) atoms. The molecule has 3 rings (SSSR count). The van der Waals surface area contributed by atoms with Crippen molar-refractivity contribution in [2.24, 2.45) is 0 Å². The number of hydrogen-bond acceptors (Lipinski definition) is 7. The lowest BCUT2D eigenvalue weighted by atomic mass is 10.1. The number of carbonyl (C=O) groups excluding carboxylic acids is 1. The predicted molar refractivity (Wildman–Crippen MR) is 79.5 cm³/mol. The van der Waals surface area contributed by atoms with Crippen LogP contribution in [0.5, 0.6) is 0 Å². The molecule has 0 radical (unpaired) electrons. The number of hydrogen-bond donors (Lipinski definition) is 1. The Hall–Kier alpha value is -2.02. The highest BCUT2D eigenvalue weighted by atomic mass is 32.1. The first kappa shape index (κ1) is 13.9. The fraction of sp³-hybridized carbons (Fsp3) is 0.429. The Bertz CT molecular complexity index is 667. The van der Waals surface area contributed by atoms with E-state index in [0.29, 0.717) is 18.0 Å². The number of rotatable bonds is 5. The molecule has 0 atom stereocenters. The van der Waals surface area contributed by atoms with Gasteiger partial charge in [-0.15, -0.1) is 10.2 Å². The molecule has 1 fully saturated rings. The topological polar surface area (TPSA) is 77.0 Å². The van der Waals surface area contributed by atoms with Gasteiger partial charge in [0.1, 0.15) is 5.01 Å². The SMILES string of the molecule is COC(=O)c1ccc(CNc2nnc(C)s2)nc1C1CC1. The summed E-state index contributed by atoms with van der Waals surface area (Å²) in [4.78, 5) is 16.4. The third-order valence-electron chi connectivity index (χ3n) is 3.30. The molecule has 0 amide bonds. The van der Waals surface area contributed by atoms with Gasteiger partial charge in [-0.1, -0.05) is 11.3 Å². The van der Waals surface area contributed by atoms with Gasteiger partial charge in [0.25, 0.3) is 0 Å². The van der Waals surface area contributed by atoms with Crippen molar-refractivity contribution in [2.45, 2.75) is 32.2 Å². The van der Waals surface area contributed by atoms with Crippen molar-refractivity contribution in [3.8, 4) is 0 Å². The summed E-state index contributed by atoms with van der Waals surface area (Å²) >= 11 is 1.51. The Morgan fingerprint density at radius 1 is 1.43 bits per heavy atom. The Morgan fingerprint density at radius 2 is 2.24 bits per heavy atom. The van der Waals surface area contributed by atoms with Crippen molar-refractivity contribution in [2.75, 3.05) is 12.4 Å². The first-order valence-electron chi connectivity index (χ1n) is 6.79. The van der Waals surface area contributed by atoms with Crippen LogP contribution in [0.4, 0.5) is 5.13 Å². The van der Waals surface area contributed by atoms with E-state index in [1.165, 1.54) is 18.4 Å². The third kappa shape index (κ3) is 3.18. The zero-order valence-corrected chi connectivity index (χ0v) is 12.7. The Kier molecular flexibility index (Phi) is 3.83. The van der Waals surface area contributed by atoms with E-state index in [-0.39, 0.29) is 5.97 Å². The van der Waals surface area contributed by atoms with E-state index >= 15 is 0 Å². The lowest BCUT2D eigenvalue weighted by Crippen LogP contribution is -2.10. The first-order chi connectivity index (χ1) is 10.2. The number of pyridine rings is 1. The minimum Gasteiger partial charge on any atom is -0.465 e. The number of ether oxygens (including phenoxy) is 1. The van der Waals surface area contributed by atoms with E-state index < -0.39 is 0 Å². The van der Waals surface area contributed by atoms with Crippen LogP contribution in [0.1, 0.15) is 45.5 Å². The smallest absolute Gasteiger partial charge is 0.339 e. The molecule has 0 unspecified atom stereocenters. The van der Waals surface area contributed by atoms with Crippen LogP contribution >= 0.6 is 11.3 Å². The summed E-state index contributed by atoms with van der Waals surface area (Å²) < 4.78 is 4.82. The maximum atomic E-state index is 11.8. The molecule has 6 nitrogen and oxygen atoms in total. The average Bonchev–Trinajstić information content (AvgIpc) is 3.27. The molecule has 2 aromatic rings. The van der Waals surface area contributed by atoms with E-state index in [0.717, 1.165) is 34.4 Å². The number of aromatic nitrogens is 3. The molecular formula is C14H16N4O2S. The number of anilines is 1. The average molecular weight is 304 g/mol. The van der Waals surface area contributed by atoms with Crippen molar-refractivity contribution in [1.82, 2.24) is 15.2 Å². The van der Waals surface area contributed by atoms with E-state index in [1.807, 2.05) is 13.0 Å².